The van der Waals surface area contributed by atoms with Crippen LogP contribution in [-0.4, -0.2) is 53.0 Å². The molecule has 1 fully saturated rings. The maximum atomic E-state index is 12.6. The third-order valence-corrected chi connectivity index (χ3v) is 5.98. The maximum Gasteiger partial charge on any atom is 0.260 e. The predicted octanol–water partition coefficient (Wildman–Crippen LogP) is 3.56. The van der Waals surface area contributed by atoms with Crippen molar-refractivity contribution in [2.24, 2.45) is 0 Å². The fourth-order valence-corrected chi connectivity index (χ4v) is 4.18. The molecule has 0 atom stereocenters. The fraction of sp³-hybridized carbons (Fsp3) is 0.348. The Morgan fingerprint density at radius 1 is 1.03 bits per heavy atom. The van der Waals surface area contributed by atoms with E-state index in [2.05, 4.69) is 40.5 Å². The Labute approximate surface area is 181 Å². The molecule has 156 valence electrons. The first kappa shape index (κ1) is 20.3. The number of rotatable bonds is 6. The average molecular weight is 423 g/mol. The standard InChI is InChI=1S/C23H26N4O2S/c1-18-8-10-19(11-9-18)16-21-24-23(30-25-21)27-13-5-12-26(14-15-27)22(28)17-29-20-6-3-2-4-7-20/h2-4,6-11H,5,12-17H2,1H3. The monoisotopic (exact) mass is 422 g/mol. The molecule has 7 heteroatoms. The highest BCUT2D eigenvalue weighted by atomic mass is 32.1. The number of hydrogen-bond donors (Lipinski definition) is 0. The first-order valence-electron chi connectivity index (χ1n) is 10.3. The van der Waals surface area contributed by atoms with Gasteiger partial charge in [0, 0.05) is 44.1 Å². The second-order valence-corrected chi connectivity index (χ2v) is 8.21. The van der Waals surface area contributed by atoms with Crippen molar-refractivity contribution in [2.75, 3.05) is 37.7 Å². The van der Waals surface area contributed by atoms with Gasteiger partial charge in [0.25, 0.3) is 5.91 Å². The molecule has 1 aliphatic heterocycles. The van der Waals surface area contributed by atoms with Crippen molar-refractivity contribution in [3.8, 4) is 5.75 Å². The van der Waals surface area contributed by atoms with E-state index in [1.807, 2.05) is 35.2 Å². The van der Waals surface area contributed by atoms with E-state index in [1.165, 1.54) is 22.7 Å². The minimum absolute atomic E-state index is 0.0260. The van der Waals surface area contributed by atoms with Gasteiger partial charge in [-0.15, -0.1) is 0 Å². The van der Waals surface area contributed by atoms with E-state index in [-0.39, 0.29) is 12.5 Å². The van der Waals surface area contributed by atoms with Crippen LogP contribution in [0.25, 0.3) is 0 Å². The summed E-state index contributed by atoms with van der Waals surface area (Å²) in [5.41, 5.74) is 2.47. The Hall–Kier alpha value is -2.93. The highest BCUT2D eigenvalue weighted by Gasteiger charge is 2.21. The van der Waals surface area contributed by atoms with E-state index < -0.39 is 0 Å². The normalized spacial score (nSPS) is 14.4. The van der Waals surface area contributed by atoms with Crippen LogP contribution in [0.4, 0.5) is 5.13 Å². The second kappa shape index (κ2) is 9.71. The van der Waals surface area contributed by atoms with Crippen LogP contribution in [0.15, 0.2) is 54.6 Å². The molecule has 3 aromatic rings. The number of aryl methyl sites for hydroxylation is 1. The number of benzene rings is 2. The van der Waals surface area contributed by atoms with Gasteiger partial charge in [0.2, 0.25) is 5.13 Å². The summed E-state index contributed by atoms with van der Waals surface area (Å²) in [4.78, 5) is 21.4. The molecule has 0 unspecified atom stereocenters. The van der Waals surface area contributed by atoms with Crippen molar-refractivity contribution in [3.63, 3.8) is 0 Å². The molecular formula is C23H26N4O2S. The molecule has 30 heavy (non-hydrogen) atoms. The molecule has 0 saturated carbocycles. The maximum absolute atomic E-state index is 12.6. The van der Waals surface area contributed by atoms with Crippen LogP contribution in [0.5, 0.6) is 5.75 Å². The lowest BCUT2D eigenvalue weighted by molar-refractivity contribution is -0.133. The molecule has 1 amide bonds. The van der Waals surface area contributed by atoms with Crippen LogP contribution in [0, 0.1) is 6.92 Å². The Bertz CT molecular complexity index is 959. The molecule has 4 rings (SSSR count). The van der Waals surface area contributed by atoms with Crippen molar-refractivity contribution < 1.29 is 9.53 Å². The van der Waals surface area contributed by atoms with E-state index >= 15 is 0 Å². The summed E-state index contributed by atoms with van der Waals surface area (Å²) in [5, 5.41) is 0.937. The molecule has 0 bridgehead atoms. The van der Waals surface area contributed by atoms with Gasteiger partial charge >= 0.3 is 0 Å². The third kappa shape index (κ3) is 5.36. The zero-order valence-corrected chi connectivity index (χ0v) is 18.0. The summed E-state index contributed by atoms with van der Waals surface area (Å²) in [6.45, 7) is 5.21. The average Bonchev–Trinajstić information content (AvgIpc) is 3.09. The van der Waals surface area contributed by atoms with Gasteiger partial charge in [0.15, 0.2) is 6.61 Å². The molecule has 0 aliphatic carbocycles. The van der Waals surface area contributed by atoms with Gasteiger partial charge < -0.3 is 14.5 Å². The summed E-state index contributed by atoms with van der Waals surface area (Å²) in [6.07, 6.45) is 1.65. The Morgan fingerprint density at radius 2 is 1.83 bits per heavy atom. The molecule has 2 heterocycles. The minimum atomic E-state index is 0.0260. The van der Waals surface area contributed by atoms with E-state index in [9.17, 15) is 4.79 Å². The lowest BCUT2D eigenvalue weighted by Crippen LogP contribution is -2.38. The van der Waals surface area contributed by atoms with Crippen molar-refractivity contribution >= 4 is 22.6 Å². The first-order valence-corrected chi connectivity index (χ1v) is 11.0. The Kier molecular flexibility index (Phi) is 6.59. The summed E-state index contributed by atoms with van der Waals surface area (Å²) >= 11 is 1.44. The van der Waals surface area contributed by atoms with E-state index in [1.54, 1.807) is 0 Å². The second-order valence-electron chi connectivity index (χ2n) is 7.48. The summed E-state index contributed by atoms with van der Waals surface area (Å²) < 4.78 is 10.2. The van der Waals surface area contributed by atoms with Crippen molar-refractivity contribution in [2.45, 2.75) is 19.8 Å². The number of aromatic nitrogens is 2. The molecule has 0 radical (unpaired) electrons. The quantitative estimate of drug-likeness (QED) is 0.608. The number of carbonyl (C=O) groups is 1. The zero-order valence-electron chi connectivity index (χ0n) is 17.2. The summed E-state index contributed by atoms with van der Waals surface area (Å²) in [6, 6.07) is 17.9. The topological polar surface area (TPSA) is 58.6 Å². The number of hydrogen-bond acceptors (Lipinski definition) is 6. The molecule has 1 saturated heterocycles. The largest absolute Gasteiger partial charge is 0.484 e. The summed E-state index contributed by atoms with van der Waals surface area (Å²) in [7, 11) is 0. The molecule has 2 aromatic carbocycles. The minimum Gasteiger partial charge on any atom is -0.484 e. The molecule has 1 aliphatic rings. The highest BCUT2D eigenvalue weighted by Crippen LogP contribution is 2.21. The van der Waals surface area contributed by atoms with Crippen LogP contribution < -0.4 is 9.64 Å². The smallest absolute Gasteiger partial charge is 0.260 e. The lowest BCUT2D eigenvalue weighted by atomic mass is 10.1. The van der Waals surface area contributed by atoms with Crippen molar-refractivity contribution in [1.29, 1.82) is 0 Å². The SMILES string of the molecule is Cc1ccc(Cc2nsc(N3CCCN(C(=O)COc4ccccc4)CC3)n2)cc1. The third-order valence-electron chi connectivity index (χ3n) is 5.16. The van der Waals surface area contributed by atoms with Crippen LogP contribution >= 0.6 is 11.5 Å². The lowest BCUT2D eigenvalue weighted by Gasteiger charge is -2.21. The number of amides is 1. The molecule has 0 spiro atoms. The van der Waals surface area contributed by atoms with Gasteiger partial charge in [-0.25, -0.2) is 4.98 Å². The number of para-hydroxylation sites is 1. The summed E-state index contributed by atoms with van der Waals surface area (Å²) in [5.74, 6) is 1.60. The number of anilines is 1. The van der Waals surface area contributed by atoms with Crippen LogP contribution in [0.1, 0.15) is 23.4 Å². The number of nitrogens with zero attached hydrogens (tertiary/aromatic N) is 4. The van der Waals surface area contributed by atoms with E-state index in [0.717, 1.165) is 49.2 Å². The van der Waals surface area contributed by atoms with Gasteiger partial charge in [-0.05, 0) is 31.0 Å². The van der Waals surface area contributed by atoms with Gasteiger partial charge in [-0.1, -0.05) is 48.0 Å². The van der Waals surface area contributed by atoms with Crippen molar-refractivity contribution in [3.05, 3.63) is 71.5 Å². The molecule has 0 N–H and O–H groups in total. The van der Waals surface area contributed by atoms with Gasteiger partial charge in [-0.3, -0.25) is 4.79 Å². The Balaban J connectivity index is 1.30. The van der Waals surface area contributed by atoms with Gasteiger partial charge in [-0.2, -0.15) is 4.37 Å². The van der Waals surface area contributed by atoms with E-state index in [0.29, 0.717) is 6.54 Å². The van der Waals surface area contributed by atoms with Gasteiger partial charge in [0.1, 0.15) is 11.6 Å². The molecule has 6 nitrogen and oxygen atoms in total. The number of carbonyl (C=O) groups excluding carboxylic acids is 1. The van der Waals surface area contributed by atoms with E-state index in [4.69, 9.17) is 9.72 Å². The number of ether oxygens (including phenoxy) is 1. The van der Waals surface area contributed by atoms with Crippen molar-refractivity contribution in [1.82, 2.24) is 14.3 Å². The molecule has 1 aromatic heterocycles. The van der Waals surface area contributed by atoms with Crippen LogP contribution in [0.2, 0.25) is 0 Å². The van der Waals surface area contributed by atoms with Gasteiger partial charge in [0.05, 0.1) is 0 Å². The zero-order chi connectivity index (χ0) is 20.8. The molecular weight excluding hydrogens is 396 g/mol. The first-order chi connectivity index (χ1) is 14.7. The van der Waals surface area contributed by atoms with Crippen LogP contribution in [0.3, 0.4) is 0 Å². The highest BCUT2D eigenvalue weighted by molar-refractivity contribution is 7.09. The predicted molar refractivity (Wildman–Crippen MR) is 119 cm³/mol. The van der Waals surface area contributed by atoms with Crippen LogP contribution in [-0.2, 0) is 11.2 Å². The Morgan fingerprint density at radius 3 is 2.63 bits per heavy atom. The fourth-order valence-electron chi connectivity index (χ4n) is 3.44.